The Morgan fingerprint density at radius 3 is 2.80 bits per heavy atom. The normalized spacial score (nSPS) is 10.1. The third kappa shape index (κ3) is 3.55. The largest absolute Gasteiger partial charge is 0.478 e. The molecule has 2 rings (SSSR count). The second kappa shape index (κ2) is 5.83. The van der Waals surface area contributed by atoms with Crippen molar-refractivity contribution in [2.45, 2.75) is 13.5 Å². The lowest BCUT2D eigenvalue weighted by atomic mass is 10.3. The van der Waals surface area contributed by atoms with Crippen LogP contribution in [0.2, 0.25) is 0 Å². The molecule has 2 amide bonds. The summed E-state index contributed by atoms with van der Waals surface area (Å²) in [7, 11) is 0. The summed E-state index contributed by atoms with van der Waals surface area (Å²) < 4.78 is 5.19. The van der Waals surface area contributed by atoms with Crippen molar-refractivity contribution in [3.8, 4) is 0 Å². The smallest absolute Gasteiger partial charge is 0.337 e. The lowest BCUT2D eigenvalue weighted by Crippen LogP contribution is -2.28. The maximum atomic E-state index is 11.6. The molecule has 2 aromatic heterocycles. The van der Waals surface area contributed by atoms with Gasteiger partial charge in [0.2, 0.25) is 5.89 Å². The van der Waals surface area contributed by atoms with E-state index in [4.69, 9.17) is 9.52 Å². The predicted molar refractivity (Wildman–Crippen MR) is 68.3 cm³/mol. The van der Waals surface area contributed by atoms with Crippen LogP contribution in [-0.2, 0) is 6.54 Å². The molecule has 0 bridgehead atoms. The predicted octanol–water partition coefficient (Wildman–Crippen LogP) is 1.40. The fraction of sp³-hybridized carbons (Fsp3) is 0.167. The first-order chi connectivity index (χ1) is 9.54. The summed E-state index contributed by atoms with van der Waals surface area (Å²) in [6, 6.07) is 0.801. The van der Waals surface area contributed by atoms with Crippen LogP contribution < -0.4 is 10.6 Å². The Morgan fingerprint density at radius 2 is 2.15 bits per heavy atom. The second-order valence-corrected chi connectivity index (χ2v) is 3.94. The van der Waals surface area contributed by atoms with Crippen molar-refractivity contribution in [3.63, 3.8) is 0 Å². The molecular weight excluding hydrogens is 264 g/mol. The third-order valence-electron chi connectivity index (χ3n) is 2.31. The number of anilines is 1. The molecule has 2 aromatic rings. The van der Waals surface area contributed by atoms with Crippen LogP contribution in [0.5, 0.6) is 0 Å². The topological polar surface area (TPSA) is 117 Å². The van der Waals surface area contributed by atoms with Gasteiger partial charge >= 0.3 is 12.0 Å². The van der Waals surface area contributed by atoms with E-state index in [1.807, 2.05) is 0 Å². The van der Waals surface area contributed by atoms with E-state index in [9.17, 15) is 9.59 Å². The average molecular weight is 276 g/mol. The second-order valence-electron chi connectivity index (χ2n) is 3.94. The zero-order valence-corrected chi connectivity index (χ0v) is 10.6. The van der Waals surface area contributed by atoms with Crippen molar-refractivity contribution in [2.75, 3.05) is 5.32 Å². The molecule has 0 saturated carbocycles. The van der Waals surface area contributed by atoms with E-state index in [0.717, 1.165) is 0 Å². The number of hydrogen-bond acceptors (Lipinski definition) is 5. The highest BCUT2D eigenvalue weighted by Gasteiger charge is 2.08. The van der Waals surface area contributed by atoms with Gasteiger partial charge in [0.1, 0.15) is 5.76 Å². The molecule has 0 aliphatic carbocycles. The first kappa shape index (κ1) is 13.5. The monoisotopic (exact) mass is 276 g/mol. The number of carboxylic acids is 1. The first-order valence-corrected chi connectivity index (χ1v) is 5.69. The number of carbonyl (C=O) groups is 2. The van der Waals surface area contributed by atoms with Crippen LogP contribution in [0.4, 0.5) is 10.5 Å². The van der Waals surface area contributed by atoms with Gasteiger partial charge in [-0.1, -0.05) is 0 Å². The molecule has 0 atom stereocenters. The molecule has 0 aliphatic rings. The molecule has 20 heavy (non-hydrogen) atoms. The van der Waals surface area contributed by atoms with Crippen molar-refractivity contribution in [3.05, 3.63) is 41.9 Å². The number of carboxylic acid groups (broad SMARTS) is 1. The van der Waals surface area contributed by atoms with Crippen LogP contribution in [-0.4, -0.2) is 27.1 Å². The van der Waals surface area contributed by atoms with Crippen LogP contribution in [0, 0.1) is 6.92 Å². The number of hydrogen-bond donors (Lipinski definition) is 3. The fourth-order valence-corrected chi connectivity index (χ4v) is 1.44. The number of amides is 2. The van der Waals surface area contributed by atoms with Gasteiger partial charge in [-0.15, -0.1) is 0 Å². The van der Waals surface area contributed by atoms with Gasteiger partial charge in [-0.05, 0) is 13.0 Å². The summed E-state index contributed by atoms with van der Waals surface area (Å²) in [6.07, 6.45) is 4.09. The van der Waals surface area contributed by atoms with E-state index >= 15 is 0 Å². The molecular formula is C12H12N4O4. The summed E-state index contributed by atoms with van der Waals surface area (Å²) in [5.74, 6) is -0.0764. The maximum Gasteiger partial charge on any atom is 0.337 e. The van der Waals surface area contributed by atoms with Crippen LogP contribution in [0.25, 0.3) is 0 Å². The number of carbonyl (C=O) groups excluding carboxylic acids is 1. The van der Waals surface area contributed by atoms with Crippen LogP contribution in [0.3, 0.4) is 0 Å². The Balaban J connectivity index is 1.91. The molecule has 0 saturated heterocycles. The third-order valence-corrected chi connectivity index (χ3v) is 2.31. The minimum absolute atomic E-state index is 0.00822. The Labute approximate surface area is 113 Å². The number of nitrogens with zero attached hydrogens (tertiary/aromatic N) is 2. The minimum Gasteiger partial charge on any atom is -0.478 e. The zero-order valence-electron chi connectivity index (χ0n) is 10.6. The Morgan fingerprint density at radius 1 is 1.35 bits per heavy atom. The highest BCUT2D eigenvalue weighted by molar-refractivity contribution is 5.92. The first-order valence-electron chi connectivity index (χ1n) is 5.69. The van der Waals surface area contributed by atoms with Gasteiger partial charge in [0.05, 0.1) is 30.2 Å². The van der Waals surface area contributed by atoms with E-state index < -0.39 is 12.0 Å². The standard InChI is InChI=1S/C12H12N4O4/c1-7-3-14-10(20-7)6-15-12(19)16-9-2-8(11(17)18)4-13-5-9/h2-5H,6H2,1H3,(H,17,18)(H2,15,16,19). The fourth-order valence-electron chi connectivity index (χ4n) is 1.44. The molecule has 0 spiro atoms. The van der Waals surface area contributed by atoms with Gasteiger partial charge in [0.15, 0.2) is 0 Å². The number of urea groups is 1. The molecule has 0 aliphatic heterocycles. The van der Waals surface area contributed by atoms with Crippen molar-refractivity contribution in [1.29, 1.82) is 0 Å². The number of aromatic nitrogens is 2. The lowest BCUT2D eigenvalue weighted by molar-refractivity contribution is 0.0696. The Bertz CT molecular complexity index is 638. The number of aryl methyl sites for hydroxylation is 1. The van der Waals surface area contributed by atoms with Crippen molar-refractivity contribution < 1.29 is 19.1 Å². The van der Waals surface area contributed by atoms with Crippen molar-refractivity contribution in [2.24, 2.45) is 0 Å². The molecule has 104 valence electrons. The number of aromatic carboxylic acids is 1. The average Bonchev–Trinajstić information content (AvgIpc) is 2.82. The van der Waals surface area contributed by atoms with Gasteiger partial charge in [-0.2, -0.15) is 0 Å². The molecule has 2 heterocycles. The maximum absolute atomic E-state index is 11.6. The lowest BCUT2D eigenvalue weighted by Gasteiger charge is -2.06. The van der Waals surface area contributed by atoms with E-state index in [1.165, 1.54) is 18.5 Å². The minimum atomic E-state index is -1.11. The molecule has 0 fully saturated rings. The summed E-state index contributed by atoms with van der Waals surface area (Å²) in [5.41, 5.74) is 0.275. The number of nitrogens with one attached hydrogen (secondary N) is 2. The Kier molecular flexibility index (Phi) is 3.94. The molecule has 8 nitrogen and oxygen atoms in total. The van der Waals surface area contributed by atoms with Gasteiger partial charge in [-0.3, -0.25) is 4.98 Å². The van der Waals surface area contributed by atoms with E-state index in [0.29, 0.717) is 11.7 Å². The van der Waals surface area contributed by atoms with E-state index in [-0.39, 0.29) is 17.8 Å². The van der Waals surface area contributed by atoms with Gasteiger partial charge < -0.3 is 20.2 Å². The SMILES string of the molecule is Cc1cnc(CNC(=O)Nc2cncc(C(=O)O)c2)o1. The van der Waals surface area contributed by atoms with Crippen LogP contribution in [0.1, 0.15) is 22.0 Å². The molecule has 0 radical (unpaired) electrons. The summed E-state index contributed by atoms with van der Waals surface area (Å²) in [6.45, 7) is 1.88. The van der Waals surface area contributed by atoms with Crippen molar-refractivity contribution in [1.82, 2.24) is 15.3 Å². The van der Waals surface area contributed by atoms with Gasteiger partial charge in [0, 0.05) is 6.20 Å². The number of oxazole rings is 1. The van der Waals surface area contributed by atoms with E-state index in [2.05, 4.69) is 20.6 Å². The van der Waals surface area contributed by atoms with Crippen molar-refractivity contribution >= 4 is 17.7 Å². The van der Waals surface area contributed by atoms with Gasteiger partial charge in [-0.25, -0.2) is 14.6 Å². The quantitative estimate of drug-likeness (QED) is 0.776. The summed E-state index contributed by atoms with van der Waals surface area (Å²) >= 11 is 0. The van der Waals surface area contributed by atoms with Crippen LogP contribution >= 0.6 is 0 Å². The van der Waals surface area contributed by atoms with Gasteiger partial charge in [0.25, 0.3) is 0 Å². The molecule has 0 aromatic carbocycles. The van der Waals surface area contributed by atoms with Crippen LogP contribution in [0.15, 0.2) is 29.1 Å². The summed E-state index contributed by atoms with van der Waals surface area (Å²) in [4.78, 5) is 30.0. The molecule has 0 unspecified atom stereocenters. The number of rotatable bonds is 4. The summed E-state index contributed by atoms with van der Waals surface area (Å²) in [5, 5.41) is 13.8. The molecule has 8 heteroatoms. The Hall–Kier alpha value is -2.90. The van der Waals surface area contributed by atoms with E-state index in [1.54, 1.807) is 13.1 Å². The zero-order chi connectivity index (χ0) is 14.5. The highest BCUT2D eigenvalue weighted by Crippen LogP contribution is 2.08. The molecule has 3 N–H and O–H groups in total. The highest BCUT2D eigenvalue weighted by atomic mass is 16.4. The number of pyridine rings is 1.